The highest BCUT2D eigenvalue weighted by molar-refractivity contribution is 6.12. The van der Waals surface area contributed by atoms with Crippen molar-refractivity contribution in [1.29, 1.82) is 0 Å². The molecule has 4 aromatic carbocycles. The van der Waals surface area contributed by atoms with Gasteiger partial charge in [-0.3, -0.25) is 9.59 Å². The van der Waals surface area contributed by atoms with Crippen molar-refractivity contribution < 1.29 is 9.59 Å². The van der Waals surface area contributed by atoms with E-state index in [0.717, 1.165) is 40.6 Å². The van der Waals surface area contributed by atoms with Gasteiger partial charge in [0.25, 0.3) is 11.8 Å². The molecule has 1 aliphatic rings. The summed E-state index contributed by atoms with van der Waals surface area (Å²) in [5.74, 6) is -0.215. The number of aromatic nitrogens is 1. The Balaban J connectivity index is 1.23. The first-order valence-corrected chi connectivity index (χ1v) is 13.0. The van der Waals surface area contributed by atoms with Crippen molar-refractivity contribution >= 4 is 34.1 Å². The molecule has 2 heterocycles. The van der Waals surface area contributed by atoms with Gasteiger partial charge in [0.1, 0.15) is 0 Å². The largest absolute Gasteiger partial charge is 0.350 e. The van der Waals surface area contributed by atoms with Crippen molar-refractivity contribution in [1.82, 2.24) is 4.57 Å². The van der Waals surface area contributed by atoms with Gasteiger partial charge in [0.15, 0.2) is 0 Å². The third-order valence-electron chi connectivity index (χ3n) is 7.36. The summed E-state index contributed by atoms with van der Waals surface area (Å²) >= 11 is 0. The van der Waals surface area contributed by atoms with Crippen molar-refractivity contribution in [3.8, 4) is 11.1 Å². The number of carbonyl (C=O) groups is 2. The molecule has 5 heteroatoms. The first-order valence-electron chi connectivity index (χ1n) is 13.0. The fourth-order valence-electron chi connectivity index (χ4n) is 5.41. The average molecular weight is 500 g/mol. The zero-order valence-electron chi connectivity index (χ0n) is 21.6. The maximum absolute atomic E-state index is 13.6. The Morgan fingerprint density at radius 2 is 1.61 bits per heavy atom. The lowest BCUT2D eigenvalue weighted by molar-refractivity contribution is 0.0986. The normalized spacial score (nSPS) is 12.8. The van der Waals surface area contributed by atoms with E-state index in [9.17, 15) is 9.59 Å². The minimum Gasteiger partial charge on any atom is -0.350 e. The van der Waals surface area contributed by atoms with Crippen molar-refractivity contribution in [3.63, 3.8) is 0 Å². The molecule has 38 heavy (non-hydrogen) atoms. The summed E-state index contributed by atoms with van der Waals surface area (Å²) in [6, 6.07) is 29.1. The van der Waals surface area contributed by atoms with Crippen LogP contribution >= 0.6 is 0 Å². The molecule has 0 radical (unpaired) electrons. The van der Waals surface area contributed by atoms with Crippen LogP contribution in [0, 0.1) is 6.92 Å². The number of amides is 2. The molecule has 5 aromatic rings. The molecule has 1 aromatic heterocycles. The van der Waals surface area contributed by atoms with Gasteiger partial charge in [-0.2, -0.15) is 0 Å². The second-order valence-electron chi connectivity index (χ2n) is 9.94. The van der Waals surface area contributed by atoms with E-state index < -0.39 is 0 Å². The van der Waals surface area contributed by atoms with Crippen molar-refractivity contribution in [2.24, 2.45) is 7.05 Å². The molecule has 6 rings (SSSR count). The SMILES string of the molecule is Cc1ccc(-c2ccccc2C(=O)Nc2ccc(C(=O)N3CCCc4cn(C)c5cccc3c45)cc2)cc1. The van der Waals surface area contributed by atoms with Gasteiger partial charge < -0.3 is 14.8 Å². The number of carbonyl (C=O) groups excluding carboxylic acids is 2. The molecule has 0 atom stereocenters. The molecule has 0 saturated carbocycles. The second-order valence-corrected chi connectivity index (χ2v) is 9.94. The van der Waals surface area contributed by atoms with Crippen molar-refractivity contribution in [2.75, 3.05) is 16.8 Å². The molecule has 2 amide bonds. The molecule has 0 spiro atoms. The lowest BCUT2D eigenvalue weighted by Gasteiger charge is -2.22. The predicted octanol–water partition coefficient (Wildman–Crippen LogP) is 7.00. The lowest BCUT2D eigenvalue weighted by Crippen LogP contribution is -2.31. The highest BCUT2D eigenvalue weighted by Crippen LogP contribution is 2.35. The van der Waals surface area contributed by atoms with Gasteiger partial charge >= 0.3 is 0 Å². The van der Waals surface area contributed by atoms with E-state index in [1.807, 2.05) is 72.5 Å². The monoisotopic (exact) mass is 499 g/mol. The van der Waals surface area contributed by atoms with E-state index in [2.05, 4.69) is 29.2 Å². The number of nitrogens with one attached hydrogen (secondary N) is 1. The van der Waals surface area contributed by atoms with Crippen LogP contribution in [0.5, 0.6) is 0 Å². The Labute approximate surface area is 222 Å². The first-order chi connectivity index (χ1) is 18.5. The summed E-state index contributed by atoms with van der Waals surface area (Å²) < 4.78 is 2.14. The number of rotatable bonds is 4. The lowest BCUT2D eigenvalue weighted by atomic mass is 9.98. The Kier molecular flexibility index (Phi) is 6.04. The standard InChI is InChI=1S/C33H29N3O2/c1-22-12-14-23(15-13-22)27-8-3-4-9-28(27)32(37)34-26-18-16-24(17-19-26)33(38)36-20-6-7-25-21-35(2)29-10-5-11-30(36)31(25)29/h3-5,8-19,21H,6-7,20H2,1-2H3,(H,34,37). The summed E-state index contributed by atoms with van der Waals surface area (Å²) in [5, 5.41) is 4.16. The van der Waals surface area contributed by atoms with Crippen LogP contribution in [0.3, 0.4) is 0 Å². The van der Waals surface area contributed by atoms with Crippen LogP contribution in [0.15, 0.2) is 97.2 Å². The highest BCUT2D eigenvalue weighted by Gasteiger charge is 2.24. The minimum absolute atomic E-state index is 0.0307. The van der Waals surface area contributed by atoms with Gasteiger partial charge in [0, 0.05) is 42.0 Å². The molecule has 0 aliphatic carbocycles. The molecule has 1 N–H and O–H groups in total. The van der Waals surface area contributed by atoms with Crippen LogP contribution in [-0.2, 0) is 13.5 Å². The minimum atomic E-state index is -0.184. The van der Waals surface area contributed by atoms with E-state index in [-0.39, 0.29) is 11.8 Å². The fraction of sp³-hybridized carbons (Fsp3) is 0.152. The number of aryl methyl sites for hydroxylation is 3. The van der Waals surface area contributed by atoms with Gasteiger partial charge in [0.2, 0.25) is 0 Å². The summed E-state index contributed by atoms with van der Waals surface area (Å²) in [7, 11) is 2.05. The maximum Gasteiger partial charge on any atom is 0.258 e. The molecular formula is C33H29N3O2. The van der Waals surface area contributed by atoms with Gasteiger partial charge in [-0.05, 0) is 78.9 Å². The molecular weight excluding hydrogens is 470 g/mol. The van der Waals surface area contributed by atoms with Crippen molar-refractivity contribution in [3.05, 3.63) is 119 Å². The molecule has 188 valence electrons. The van der Waals surface area contributed by atoms with E-state index >= 15 is 0 Å². The topological polar surface area (TPSA) is 54.3 Å². The Morgan fingerprint density at radius 3 is 2.39 bits per heavy atom. The van der Waals surface area contributed by atoms with E-state index in [0.29, 0.717) is 23.4 Å². The summed E-state index contributed by atoms with van der Waals surface area (Å²) in [6.07, 6.45) is 4.04. The van der Waals surface area contributed by atoms with Crippen LogP contribution in [-0.4, -0.2) is 22.9 Å². The van der Waals surface area contributed by atoms with Crippen LogP contribution in [0.4, 0.5) is 11.4 Å². The van der Waals surface area contributed by atoms with Gasteiger partial charge in [-0.25, -0.2) is 0 Å². The van der Waals surface area contributed by atoms with Crippen LogP contribution in [0.1, 0.15) is 38.3 Å². The van der Waals surface area contributed by atoms with Crippen LogP contribution in [0.2, 0.25) is 0 Å². The third-order valence-corrected chi connectivity index (χ3v) is 7.36. The summed E-state index contributed by atoms with van der Waals surface area (Å²) in [4.78, 5) is 28.7. The maximum atomic E-state index is 13.6. The van der Waals surface area contributed by atoms with Crippen LogP contribution in [0.25, 0.3) is 22.0 Å². The molecule has 0 fully saturated rings. The average Bonchev–Trinajstić information content (AvgIpc) is 3.15. The zero-order valence-corrected chi connectivity index (χ0v) is 21.6. The molecule has 0 bridgehead atoms. The number of anilines is 2. The Morgan fingerprint density at radius 1 is 0.842 bits per heavy atom. The number of nitrogens with zero attached hydrogens (tertiary/aromatic N) is 2. The molecule has 1 aliphatic heterocycles. The Hall–Kier alpha value is -4.64. The number of hydrogen-bond acceptors (Lipinski definition) is 2. The molecule has 0 unspecified atom stereocenters. The van der Waals surface area contributed by atoms with E-state index in [1.54, 1.807) is 24.3 Å². The quantitative estimate of drug-likeness (QED) is 0.289. The number of hydrogen-bond donors (Lipinski definition) is 1. The predicted molar refractivity (Wildman–Crippen MR) is 154 cm³/mol. The molecule has 5 nitrogen and oxygen atoms in total. The van der Waals surface area contributed by atoms with Crippen molar-refractivity contribution in [2.45, 2.75) is 19.8 Å². The van der Waals surface area contributed by atoms with Gasteiger partial charge in [-0.15, -0.1) is 0 Å². The summed E-state index contributed by atoms with van der Waals surface area (Å²) in [5.41, 5.74) is 8.29. The fourth-order valence-corrected chi connectivity index (χ4v) is 5.41. The smallest absolute Gasteiger partial charge is 0.258 e. The highest BCUT2D eigenvalue weighted by atomic mass is 16.2. The Bertz CT molecular complexity index is 1660. The van der Waals surface area contributed by atoms with Gasteiger partial charge in [0.05, 0.1) is 11.2 Å². The van der Waals surface area contributed by atoms with Crippen LogP contribution < -0.4 is 10.2 Å². The van der Waals surface area contributed by atoms with Gasteiger partial charge in [-0.1, -0.05) is 54.1 Å². The van der Waals surface area contributed by atoms with E-state index in [4.69, 9.17) is 0 Å². The second kappa shape index (κ2) is 9.67. The van der Waals surface area contributed by atoms with E-state index in [1.165, 1.54) is 11.1 Å². The zero-order chi connectivity index (χ0) is 26.2. The first kappa shape index (κ1) is 23.7. The molecule has 0 saturated heterocycles. The number of benzene rings is 4. The third kappa shape index (κ3) is 4.26. The summed E-state index contributed by atoms with van der Waals surface area (Å²) in [6.45, 7) is 2.72.